The van der Waals surface area contributed by atoms with Crippen LogP contribution >= 0.6 is 50.7 Å². The Morgan fingerprint density at radius 2 is 1.88 bits per heavy atom. The number of nitrogens with one attached hydrogen (secondary N) is 1. The van der Waals surface area contributed by atoms with Crippen LogP contribution in [0.1, 0.15) is 11.1 Å². The molecule has 3 rings (SSSR count). The number of benzene rings is 3. The highest BCUT2D eigenvalue weighted by atomic mass is 79.9. The molecule has 1 N–H and O–H groups in total. The van der Waals surface area contributed by atoms with E-state index in [2.05, 4.69) is 21.2 Å². The number of amides is 1. The Hall–Kier alpha value is -2.69. The van der Waals surface area contributed by atoms with E-state index in [0.717, 1.165) is 10.0 Å². The van der Waals surface area contributed by atoms with E-state index in [4.69, 9.17) is 44.3 Å². The summed E-state index contributed by atoms with van der Waals surface area (Å²) in [6.07, 6.45) is 1.42. The molecule has 9 heteroatoms. The lowest BCUT2D eigenvalue weighted by molar-refractivity contribution is -0.112. The van der Waals surface area contributed by atoms with Crippen molar-refractivity contribution < 1.29 is 14.3 Å². The van der Waals surface area contributed by atoms with Crippen molar-refractivity contribution in [3.8, 4) is 17.6 Å². The second-order valence-corrected chi connectivity index (χ2v) is 8.84. The molecule has 33 heavy (non-hydrogen) atoms. The summed E-state index contributed by atoms with van der Waals surface area (Å²) >= 11 is 21.8. The average molecular weight is 567 g/mol. The number of carbonyl (C=O) groups is 1. The number of nitrogens with zero attached hydrogens (tertiary/aromatic N) is 1. The number of rotatable bonds is 7. The maximum atomic E-state index is 12.6. The number of hydrogen-bond acceptors (Lipinski definition) is 4. The van der Waals surface area contributed by atoms with Crippen molar-refractivity contribution in [3.63, 3.8) is 0 Å². The van der Waals surface area contributed by atoms with Crippen LogP contribution in [0.15, 0.2) is 64.6 Å². The topological polar surface area (TPSA) is 71.3 Å². The van der Waals surface area contributed by atoms with E-state index in [1.807, 2.05) is 12.1 Å². The van der Waals surface area contributed by atoms with Crippen LogP contribution in [-0.2, 0) is 11.4 Å². The molecule has 1 amide bonds. The maximum Gasteiger partial charge on any atom is 0.266 e. The highest BCUT2D eigenvalue weighted by molar-refractivity contribution is 9.10. The van der Waals surface area contributed by atoms with Gasteiger partial charge < -0.3 is 14.8 Å². The van der Waals surface area contributed by atoms with E-state index < -0.39 is 5.91 Å². The zero-order valence-electron chi connectivity index (χ0n) is 17.2. The maximum absolute atomic E-state index is 12.6. The number of ether oxygens (including phenoxy) is 2. The van der Waals surface area contributed by atoms with Crippen molar-refractivity contribution in [2.24, 2.45) is 0 Å². The zero-order chi connectivity index (χ0) is 24.0. The molecule has 0 unspecified atom stereocenters. The smallest absolute Gasteiger partial charge is 0.266 e. The van der Waals surface area contributed by atoms with Crippen molar-refractivity contribution in [2.75, 3.05) is 12.4 Å². The normalized spacial score (nSPS) is 11.0. The fraction of sp³-hybridized carbons (Fsp3) is 0.0833. The van der Waals surface area contributed by atoms with E-state index in [1.165, 1.54) is 13.2 Å². The summed E-state index contributed by atoms with van der Waals surface area (Å²) in [4.78, 5) is 12.6. The van der Waals surface area contributed by atoms with E-state index in [-0.39, 0.29) is 17.2 Å². The molecule has 0 saturated heterocycles. The van der Waals surface area contributed by atoms with Crippen molar-refractivity contribution in [1.29, 1.82) is 5.26 Å². The average Bonchev–Trinajstić information content (AvgIpc) is 2.78. The summed E-state index contributed by atoms with van der Waals surface area (Å²) in [5.41, 5.74) is 1.75. The van der Waals surface area contributed by atoms with Crippen LogP contribution in [-0.4, -0.2) is 13.0 Å². The minimum atomic E-state index is -0.550. The Bertz CT molecular complexity index is 1270. The van der Waals surface area contributed by atoms with E-state index in [1.54, 1.807) is 48.5 Å². The number of nitriles is 1. The van der Waals surface area contributed by atoms with Crippen molar-refractivity contribution in [2.45, 2.75) is 6.61 Å². The van der Waals surface area contributed by atoms with Crippen LogP contribution in [0.25, 0.3) is 6.08 Å². The van der Waals surface area contributed by atoms with Crippen LogP contribution in [0.5, 0.6) is 11.5 Å². The number of anilines is 1. The molecule has 0 heterocycles. The molecule has 0 fully saturated rings. The van der Waals surface area contributed by atoms with Gasteiger partial charge in [-0.05, 0) is 59.7 Å². The molecular weight excluding hydrogens is 551 g/mol. The van der Waals surface area contributed by atoms with Crippen LogP contribution in [0, 0.1) is 11.3 Å². The lowest BCUT2D eigenvalue weighted by atomic mass is 10.1. The third-order valence-electron chi connectivity index (χ3n) is 4.38. The highest BCUT2D eigenvalue weighted by Gasteiger charge is 2.15. The zero-order valence-corrected chi connectivity index (χ0v) is 21.0. The first-order valence-corrected chi connectivity index (χ1v) is 11.4. The van der Waals surface area contributed by atoms with Gasteiger partial charge in [-0.25, -0.2) is 0 Å². The molecule has 0 aliphatic carbocycles. The Kier molecular flexibility index (Phi) is 8.65. The summed E-state index contributed by atoms with van der Waals surface area (Å²) in [6, 6.07) is 17.3. The fourth-order valence-electron chi connectivity index (χ4n) is 2.83. The first kappa shape index (κ1) is 24.9. The minimum Gasteiger partial charge on any atom is -0.493 e. The molecule has 0 bridgehead atoms. The summed E-state index contributed by atoms with van der Waals surface area (Å²) in [5, 5.41) is 13.3. The monoisotopic (exact) mass is 564 g/mol. The number of hydrogen-bond donors (Lipinski definition) is 1. The van der Waals surface area contributed by atoms with E-state index >= 15 is 0 Å². The molecule has 0 aromatic heterocycles. The molecule has 3 aromatic rings. The van der Waals surface area contributed by atoms with Gasteiger partial charge in [0, 0.05) is 10.2 Å². The van der Waals surface area contributed by atoms with Gasteiger partial charge in [0.15, 0.2) is 11.5 Å². The quantitative estimate of drug-likeness (QED) is 0.237. The van der Waals surface area contributed by atoms with E-state index in [9.17, 15) is 10.1 Å². The Morgan fingerprint density at radius 3 is 2.55 bits per heavy atom. The van der Waals surface area contributed by atoms with Crippen LogP contribution in [0.3, 0.4) is 0 Å². The van der Waals surface area contributed by atoms with Gasteiger partial charge in [0.1, 0.15) is 18.2 Å². The molecule has 168 valence electrons. The predicted octanol–water partition coefficient (Wildman–Crippen LogP) is 7.54. The lowest BCUT2D eigenvalue weighted by Gasteiger charge is -2.14. The van der Waals surface area contributed by atoms with Gasteiger partial charge in [-0.15, -0.1) is 0 Å². The highest BCUT2D eigenvalue weighted by Crippen LogP contribution is 2.38. The van der Waals surface area contributed by atoms with Gasteiger partial charge >= 0.3 is 0 Å². The van der Waals surface area contributed by atoms with Crippen LogP contribution in [0.2, 0.25) is 15.1 Å². The minimum absolute atomic E-state index is 0.0995. The molecule has 0 radical (unpaired) electrons. The first-order valence-electron chi connectivity index (χ1n) is 9.43. The second kappa shape index (κ2) is 11.4. The molecular formula is C24H16BrCl3N2O3. The Balaban J connectivity index is 1.82. The summed E-state index contributed by atoms with van der Waals surface area (Å²) < 4.78 is 12.0. The molecule has 0 spiro atoms. The number of methoxy groups -OCH3 is 1. The van der Waals surface area contributed by atoms with Crippen LogP contribution < -0.4 is 14.8 Å². The first-order chi connectivity index (χ1) is 15.8. The van der Waals surface area contributed by atoms with Gasteiger partial charge in [0.2, 0.25) is 0 Å². The van der Waals surface area contributed by atoms with Gasteiger partial charge in [0.25, 0.3) is 5.91 Å². The van der Waals surface area contributed by atoms with Crippen molar-refractivity contribution in [1.82, 2.24) is 0 Å². The van der Waals surface area contributed by atoms with Crippen molar-refractivity contribution in [3.05, 3.63) is 90.8 Å². The largest absolute Gasteiger partial charge is 0.493 e. The van der Waals surface area contributed by atoms with Gasteiger partial charge in [0.05, 0.1) is 22.2 Å². The van der Waals surface area contributed by atoms with Crippen LogP contribution in [0.4, 0.5) is 5.69 Å². The third-order valence-corrected chi connectivity index (χ3v) is 5.89. The second-order valence-electron chi connectivity index (χ2n) is 6.71. The standard InChI is InChI=1S/C24H16BrCl3N2O3/c1-32-22-10-15(7-16(12-29)24(31)30-18-4-2-3-17(25)11-18)9-21(28)23(22)33-13-14-5-6-19(26)20(27)8-14/h2-11H,13H2,1H3,(H,30,31)/b16-7-. The summed E-state index contributed by atoms with van der Waals surface area (Å²) in [5.74, 6) is 0.114. The van der Waals surface area contributed by atoms with Crippen molar-refractivity contribution >= 4 is 68.4 Å². The molecule has 0 saturated carbocycles. The summed E-state index contributed by atoms with van der Waals surface area (Å²) in [6.45, 7) is 0.181. The number of halogens is 4. The Morgan fingerprint density at radius 1 is 1.09 bits per heavy atom. The SMILES string of the molecule is COc1cc(/C=C(/C#N)C(=O)Nc2cccc(Br)c2)cc(Cl)c1OCc1ccc(Cl)c(Cl)c1. The fourth-order valence-corrected chi connectivity index (χ4v) is 3.82. The third kappa shape index (κ3) is 6.66. The predicted molar refractivity (Wildman–Crippen MR) is 135 cm³/mol. The van der Waals surface area contributed by atoms with Gasteiger partial charge in [-0.1, -0.05) is 62.9 Å². The molecule has 5 nitrogen and oxygen atoms in total. The molecule has 3 aromatic carbocycles. The van der Waals surface area contributed by atoms with Gasteiger partial charge in [-0.2, -0.15) is 5.26 Å². The Labute approximate surface area is 214 Å². The summed E-state index contributed by atoms with van der Waals surface area (Å²) in [7, 11) is 1.47. The molecule has 0 aliphatic heterocycles. The number of carbonyl (C=O) groups excluding carboxylic acids is 1. The lowest BCUT2D eigenvalue weighted by Crippen LogP contribution is -2.13. The molecule has 0 aliphatic rings. The van der Waals surface area contributed by atoms with E-state index in [0.29, 0.717) is 32.8 Å². The molecule has 0 atom stereocenters. The van der Waals surface area contributed by atoms with Gasteiger partial charge in [-0.3, -0.25) is 4.79 Å².